The van der Waals surface area contributed by atoms with Gasteiger partial charge in [-0.25, -0.2) is 4.99 Å². The largest absolute Gasteiger partial charge is 0.469 e. The SMILES string of the molecule is COC(=O)CC1=CC(SCC(=O)NCCc2ccccc2)=Nc2ccccc2N1. The number of amides is 1. The zero-order valence-corrected chi connectivity index (χ0v) is 17.0. The maximum Gasteiger partial charge on any atom is 0.311 e. The van der Waals surface area contributed by atoms with Crippen LogP contribution >= 0.6 is 11.8 Å². The smallest absolute Gasteiger partial charge is 0.311 e. The Hall–Kier alpha value is -3.06. The average Bonchev–Trinajstić information content (AvgIpc) is 2.91. The number of aliphatic imine (C=N–C) groups is 1. The Labute approximate surface area is 174 Å². The topological polar surface area (TPSA) is 79.8 Å². The number of carbonyl (C=O) groups excluding carboxylic acids is 2. The van der Waals surface area contributed by atoms with Crippen molar-refractivity contribution < 1.29 is 14.3 Å². The maximum absolute atomic E-state index is 12.2. The van der Waals surface area contributed by atoms with Gasteiger partial charge in [-0.05, 0) is 30.2 Å². The van der Waals surface area contributed by atoms with Crippen LogP contribution < -0.4 is 10.6 Å². The van der Waals surface area contributed by atoms with E-state index in [0.717, 1.165) is 17.8 Å². The number of nitrogens with one attached hydrogen (secondary N) is 2. The second kappa shape index (κ2) is 10.5. The van der Waals surface area contributed by atoms with Crippen LogP contribution in [0, 0.1) is 0 Å². The molecule has 0 aliphatic carbocycles. The molecule has 0 atom stereocenters. The number of nitrogens with zero attached hydrogens (tertiary/aromatic N) is 1. The highest BCUT2D eigenvalue weighted by Crippen LogP contribution is 2.30. The maximum atomic E-state index is 12.2. The first-order valence-corrected chi connectivity index (χ1v) is 10.3. The molecule has 0 fully saturated rings. The number of methoxy groups -OCH3 is 1. The van der Waals surface area contributed by atoms with E-state index >= 15 is 0 Å². The van der Waals surface area contributed by atoms with Crippen LogP contribution in [0.1, 0.15) is 12.0 Å². The average molecular weight is 410 g/mol. The molecule has 0 bridgehead atoms. The van der Waals surface area contributed by atoms with Gasteiger partial charge in [-0.2, -0.15) is 0 Å². The van der Waals surface area contributed by atoms with Gasteiger partial charge in [-0.15, -0.1) is 0 Å². The van der Waals surface area contributed by atoms with Crippen molar-refractivity contribution in [1.82, 2.24) is 5.32 Å². The quantitative estimate of drug-likeness (QED) is 0.682. The number of ether oxygens (including phenoxy) is 1. The fourth-order valence-electron chi connectivity index (χ4n) is 2.76. The molecule has 0 saturated heterocycles. The number of anilines is 1. The number of thioether (sulfide) groups is 1. The van der Waals surface area contributed by atoms with Gasteiger partial charge in [0.05, 0.1) is 35.7 Å². The van der Waals surface area contributed by atoms with Crippen molar-refractivity contribution in [2.24, 2.45) is 4.99 Å². The fourth-order valence-corrected chi connectivity index (χ4v) is 3.53. The van der Waals surface area contributed by atoms with Crippen LogP contribution in [0.25, 0.3) is 0 Å². The minimum atomic E-state index is -0.342. The lowest BCUT2D eigenvalue weighted by Gasteiger charge is -2.09. The van der Waals surface area contributed by atoms with Crippen molar-refractivity contribution in [2.45, 2.75) is 12.8 Å². The molecule has 1 heterocycles. The van der Waals surface area contributed by atoms with Crippen LogP contribution in [-0.2, 0) is 20.7 Å². The van der Waals surface area contributed by atoms with Crippen molar-refractivity contribution in [3.63, 3.8) is 0 Å². The van der Waals surface area contributed by atoms with Crippen molar-refractivity contribution in [2.75, 3.05) is 24.7 Å². The number of esters is 1. The molecule has 3 rings (SSSR count). The van der Waals surface area contributed by atoms with E-state index in [9.17, 15) is 9.59 Å². The molecular formula is C22H23N3O3S. The van der Waals surface area contributed by atoms with Gasteiger partial charge in [0.1, 0.15) is 0 Å². The van der Waals surface area contributed by atoms with Gasteiger partial charge < -0.3 is 15.4 Å². The highest BCUT2D eigenvalue weighted by molar-refractivity contribution is 8.14. The van der Waals surface area contributed by atoms with Crippen LogP contribution in [0.3, 0.4) is 0 Å². The summed E-state index contributed by atoms with van der Waals surface area (Å²) in [6.45, 7) is 0.587. The summed E-state index contributed by atoms with van der Waals surface area (Å²) < 4.78 is 4.77. The Balaban J connectivity index is 1.59. The molecule has 6 nitrogen and oxygen atoms in total. The van der Waals surface area contributed by atoms with E-state index < -0.39 is 0 Å². The summed E-state index contributed by atoms with van der Waals surface area (Å²) in [4.78, 5) is 28.5. The first-order chi connectivity index (χ1) is 14.1. The molecule has 0 spiro atoms. The van der Waals surface area contributed by atoms with Crippen LogP contribution in [0.15, 0.2) is 71.4 Å². The van der Waals surface area contributed by atoms with Crippen molar-refractivity contribution in [3.8, 4) is 0 Å². The fraction of sp³-hybridized carbons (Fsp3) is 0.227. The van der Waals surface area contributed by atoms with Gasteiger partial charge >= 0.3 is 5.97 Å². The first kappa shape index (κ1) is 20.7. The number of benzene rings is 2. The normalized spacial score (nSPS) is 12.6. The minimum absolute atomic E-state index is 0.0537. The van der Waals surface area contributed by atoms with Gasteiger partial charge in [-0.3, -0.25) is 9.59 Å². The van der Waals surface area contributed by atoms with Crippen molar-refractivity contribution in [3.05, 3.63) is 71.9 Å². The molecule has 2 aromatic rings. The number of carbonyl (C=O) groups is 2. The van der Waals surface area contributed by atoms with Crippen LogP contribution in [0.4, 0.5) is 11.4 Å². The molecule has 1 amide bonds. The van der Waals surface area contributed by atoms with E-state index in [4.69, 9.17) is 4.74 Å². The van der Waals surface area contributed by atoms with Gasteiger partial charge in [-0.1, -0.05) is 54.2 Å². The predicted molar refractivity (Wildman–Crippen MR) is 117 cm³/mol. The molecule has 1 aliphatic rings. The summed E-state index contributed by atoms with van der Waals surface area (Å²) in [5.41, 5.74) is 3.44. The van der Waals surface area contributed by atoms with Crippen LogP contribution in [-0.4, -0.2) is 36.3 Å². The third-order valence-corrected chi connectivity index (χ3v) is 5.13. The molecule has 2 aromatic carbocycles. The van der Waals surface area contributed by atoms with Gasteiger partial charge in [0.2, 0.25) is 5.91 Å². The van der Waals surface area contributed by atoms with Crippen LogP contribution in [0.5, 0.6) is 0 Å². The molecule has 0 unspecified atom stereocenters. The van der Waals surface area contributed by atoms with E-state index in [1.807, 2.05) is 54.6 Å². The molecule has 0 radical (unpaired) electrons. The van der Waals surface area contributed by atoms with Gasteiger partial charge in [0, 0.05) is 12.2 Å². The number of fused-ring (bicyclic) bond motifs is 1. The molecule has 7 heteroatoms. The highest BCUT2D eigenvalue weighted by Gasteiger charge is 2.15. The number of rotatable bonds is 7. The molecule has 1 aliphatic heterocycles. The number of hydrogen-bond donors (Lipinski definition) is 2. The Morgan fingerprint density at radius 1 is 1.10 bits per heavy atom. The monoisotopic (exact) mass is 409 g/mol. The first-order valence-electron chi connectivity index (χ1n) is 9.29. The predicted octanol–water partition coefficient (Wildman–Crippen LogP) is 3.68. The Bertz CT molecular complexity index is 926. The molecule has 0 aromatic heterocycles. The van der Waals surface area contributed by atoms with Gasteiger partial charge in [0.25, 0.3) is 0 Å². The second-order valence-electron chi connectivity index (χ2n) is 6.39. The summed E-state index contributed by atoms with van der Waals surface area (Å²) >= 11 is 1.34. The number of para-hydroxylation sites is 2. The van der Waals surface area contributed by atoms with E-state index in [0.29, 0.717) is 17.3 Å². The number of hydrogen-bond acceptors (Lipinski definition) is 6. The summed E-state index contributed by atoms with van der Waals surface area (Å²) in [6, 6.07) is 17.6. The lowest BCUT2D eigenvalue weighted by molar-refractivity contribution is -0.139. The summed E-state index contributed by atoms with van der Waals surface area (Å²) in [5.74, 6) is -0.147. The molecular weight excluding hydrogens is 386 g/mol. The Kier molecular flexibility index (Phi) is 7.47. The van der Waals surface area contributed by atoms with E-state index in [1.54, 1.807) is 6.08 Å². The third-order valence-electron chi connectivity index (χ3n) is 4.22. The van der Waals surface area contributed by atoms with E-state index in [1.165, 1.54) is 24.4 Å². The van der Waals surface area contributed by atoms with Gasteiger partial charge in [0.15, 0.2) is 0 Å². The lowest BCUT2D eigenvalue weighted by atomic mass is 10.1. The second-order valence-corrected chi connectivity index (χ2v) is 7.38. The Morgan fingerprint density at radius 3 is 2.66 bits per heavy atom. The molecule has 150 valence electrons. The molecule has 0 saturated carbocycles. The van der Waals surface area contributed by atoms with Crippen LogP contribution in [0.2, 0.25) is 0 Å². The van der Waals surface area contributed by atoms with E-state index in [2.05, 4.69) is 15.6 Å². The summed E-state index contributed by atoms with van der Waals surface area (Å²) in [5, 5.41) is 6.83. The molecule has 2 N–H and O–H groups in total. The van der Waals surface area contributed by atoms with Crippen molar-refractivity contribution >= 4 is 40.1 Å². The summed E-state index contributed by atoms with van der Waals surface area (Å²) in [7, 11) is 1.36. The zero-order chi connectivity index (χ0) is 20.5. The molecule has 29 heavy (non-hydrogen) atoms. The zero-order valence-electron chi connectivity index (χ0n) is 16.2. The minimum Gasteiger partial charge on any atom is -0.469 e. The lowest BCUT2D eigenvalue weighted by Crippen LogP contribution is -2.27. The van der Waals surface area contributed by atoms with E-state index in [-0.39, 0.29) is 24.1 Å². The summed E-state index contributed by atoms with van der Waals surface area (Å²) in [6.07, 6.45) is 2.69. The third kappa shape index (κ3) is 6.50. The van der Waals surface area contributed by atoms with Crippen molar-refractivity contribution in [1.29, 1.82) is 0 Å². The Morgan fingerprint density at radius 2 is 1.86 bits per heavy atom. The highest BCUT2D eigenvalue weighted by atomic mass is 32.2. The standard InChI is InChI=1S/C22H23N3O3S/c1-28-22(27)14-17-13-21(25-19-10-6-5-9-18(19)24-17)29-15-20(26)23-12-11-16-7-3-2-4-8-16/h2-10,13,24H,11-12,14-15H2,1H3,(H,23,26).